The lowest BCUT2D eigenvalue weighted by atomic mass is 10.2. The molecule has 96 valence electrons. The van der Waals surface area contributed by atoms with E-state index in [9.17, 15) is 14.0 Å². The summed E-state index contributed by atoms with van der Waals surface area (Å²) in [4.78, 5) is 24.7. The number of likely N-dealkylation sites (tertiary alicyclic amines) is 1. The quantitative estimate of drug-likeness (QED) is 0.856. The van der Waals surface area contributed by atoms with Gasteiger partial charge in [-0.15, -0.1) is 0 Å². The van der Waals surface area contributed by atoms with Crippen molar-refractivity contribution in [1.29, 1.82) is 0 Å². The lowest BCUT2D eigenvalue weighted by Gasteiger charge is -2.16. The van der Waals surface area contributed by atoms with Gasteiger partial charge in [-0.25, -0.2) is 4.39 Å². The first kappa shape index (κ1) is 12.5. The number of hydrogen-bond donors (Lipinski definition) is 1. The molecule has 1 fully saturated rings. The Bertz CT molecular complexity index is 459. The van der Waals surface area contributed by atoms with Gasteiger partial charge in [-0.3, -0.25) is 9.59 Å². The van der Waals surface area contributed by atoms with Crippen molar-refractivity contribution in [1.82, 2.24) is 10.2 Å². The van der Waals surface area contributed by atoms with Gasteiger partial charge in [-0.1, -0.05) is 0 Å². The van der Waals surface area contributed by atoms with Crippen molar-refractivity contribution in [2.75, 3.05) is 13.1 Å². The van der Waals surface area contributed by atoms with E-state index in [2.05, 4.69) is 5.32 Å². The zero-order chi connectivity index (χ0) is 13.1. The Labute approximate surface area is 105 Å². The number of rotatable bonds is 2. The predicted molar refractivity (Wildman–Crippen MR) is 64.5 cm³/mol. The summed E-state index contributed by atoms with van der Waals surface area (Å²) in [6.07, 6.45) is 0.756. The third-order valence-corrected chi connectivity index (χ3v) is 2.97. The summed E-state index contributed by atoms with van der Waals surface area (Å²) in [6.45, 7) is 2.58. The molecule has 1 heterocycles. The first-order valence-electron chi connectivity index (χ1n) is 5.88. The summed E-state index contributed by atoms with van der Waals surface area (Å²) in [5.41, 5.74) is 0.472. The zero-order valence-corrected chi connectivity index (χ0v) is 10.1. The average molecular weight is 250 g/mol. The molecular weight excluding hydrogens is 235 g/mol. The second-order valence-electron chi connectivity index (χ2n) is 4.44. The van der Waals surface area contributed by atoms with Crippen LogP contribution < -0.4 is 5.32 Å². The maximum absolute atomic E-state index is 12.8. The van der Waals surface area contributed by atoms with Crippen LogP contribution in [-0.2, 0) is 4.79 Å². The van der Waals surface area contributed by atoms with E-state index >= 15 is 0 Å². The minimum Gasteiger partial charge on any atom is -0.352 e. The van der Waals surface area contributed by atoms with Crippen LogP contribution in [0, 0.1) is 5.82 Å². The van der Waals surface area contributed by atoms with Crippen molar-refractivity contribution >= 4 is 11.8 Å². The Kier molecular flexibility index (Phi) is 3.60. The van der Waals surface area contributed by atoms with Crippen LogP contribution in [0.5, 0.6) is 0 Å². The summed E-state index contributed by atoms with van der Waals surface area (Å²) in [5.74, 6) is -0.567. The lowest BCUT2D eigenvalue weighted by Crippen LogP contribution is -2.37. The Morgan fingerprint density at radius 3 is 2.61 bits per heavy atom. The molecule has 0 saturated carbocycles. The van der Waals surface area contributed by atoms with E-state index in [0.717, 1.165) is 6.42 Å². The molecule has 1 unspecified atom stereocenters. The molecule has 5 heteroatoms. The molecule has 1 atom stereocenters. The molecule has 2 rings (SSSR count). The number of hydrogen-bond acceptors (Lipinski definition) is 2. The number of benzene rings is 1. The monoisotopic (exact) mass is 250 g/mol. The average Bonchev–Trinajstić information content (AvgIpc) is 2.76. The van der Waals surface area contributed by atoms with Crippen LogP contribution in [0.2, 0.25) is 0 Å². The van der Waals surface area contributed by atoms with Gasteiger partial charge in [0.1, 0.15) is 5.82 Å². The second-order valence-corrected chi connectivity index (χ2v) is 4.44. The number of carbonyl (C=O) groups is 2. The molecule has 1 aromatic carbocycles. The first-order chi connectivity index (χ1) is 8.56. The van der Waals surface area contributed by atoms with E-state index in [1.165, 1.54) is 31.2 Å². The van der Waals surface area contributed by atoms with Crippen LogP contribution in [0.25, 0.3) is 0 Å². The van der Waals surface area contributed by atoms with E-state index in [1.54, 1.807) is 4.90 Å². The highest BCUT2D eigenvalue weighted by Crippen LogP contribution is 2.14. The standard InChI is InChI=1S/C13H15FN2O2/c1-9(17)15-12-6-7-16(8-12)13(18)10-2-4-11(14)5-3-10/h2-5,12H,6-8H2,1H3,(H,15,17). The Hall–Kier alpha value is -1.91. The fraction of sp³-hybridized carbons (Fsp3) is 0.385. The summed E-state index contributed by atoms with van der Waals surface area (Å²) in [7, 11) is 0. The van der Waals surface area contributed by atoms with Crippen LogP contribution in [0.3, 0.4) is 0 Å². The molecule has 1 aliphatic rings. The van der Waals surface area contributed by atoms with Crippen molar-refractivity contribution in [3.63, 3.8) is 0 Å². The summed E-state index contributed by atoms with van der Waals surface area (Å²) < 4.78 is 12.8. The topological polar surface area (TPSA) is 49.4 Å². The number of carbonyl (C=O) groups excluding carboxylic acids is 2. The third kappa shape index (κ3) is 2.85. The number of amides is 2. The van der Waals surface area contributed by atoms with E-state index in [1.807, 2.05) is 0 Å². The van der Waals surface area contributed by atoms with Gasteiger partial charge in [0.2, 0.25) is 5.91 Å². The van der Waals surface area contributed by atoms with Crippen LogP contribution in [0.1, 0.15) is 23.7 Å². The molecule has 0 radical (unpaired) electrons. The van der Waals surface area contributed by atoms with Gasteiger partial charge in [0.25, 0.3) is 5.91 Å². The van der Waals surface area contributed by atoms with Gasteiger partial charge < -0.3 is 10.2 Å². The van der Waals surface area contributed by atoms with Crippen molar-refractivity contribution in [3.8, 4) is 0 Å². The molecule has 0 bridgehead atoms. The molecule has 2 amide bonds. The molecule has 0 aliphatic carbocycles. The molecule has 4 nitrogen and oxygen atoms in total. The Balaban J connectivity index is 1.99. The van der Waals surface area contributed by atoms with Crippen molar-refractivity contribution in [2.24, 2.45) is 0 Å². The molecule has 0 spiro atoms. The highest BCUT2D eigenvalue weighted by molar-refractivity contribution is 5.94. The maximum atomic E-state index is 12.8. The molecular formula is C13H15FN2O2. The fourth-order valence-corrected chi connectivity index (χ4v) is 2.13. The second kappa shape index (κ2) is 5.16. The summed E-state index contributed by atoms with van der Waals surface area (Å²) in [5, 5.41) is 2.79. The largest absolute Gasteiger partial charge is 0.352 e. The van der Waals surface area contributed by atoms with E-state index in [-0.39, 0.29) is 23.7 Å². The van der Waals surface area contributed by atoms with Gasteiger partial charge in [0, 0.05) is 31.6 Å². The number of nitrogens with zero attached hydrogens (tertiary/aromatic N) is 1. The van der Waals surface area contributed by atoms with Crippen molar-refractivity contribution < 1.29 is 14.0 Å². The zero-order valence-electron chi connectivity index (χ0n) is 10.1. The summed E-state index contributed by atoms with van der Waals surface area (Å²) in [6, 6.07) is 5.52. The third-order valence-electron chi connectivity index (χ3n) is 2.97. The van der Waals surface area contributed by atoms with Gasteiger partial charge in [-0.05, 0) is 30.7 Å². The Morgan fingerprint density at radius 2 is 2.00 bits per heavy atom. The number of halogens is 1. The number of nitrogens with one attached hydrogen (secondary N) is 1. The lowest BCUT2D eigenvalue weighted by molar-refractivity contribution is -0.119. The van der Waals surface area contributed by atoms with Crippen molar-refractivity contribution in [3.05, 3.63) is 35.6 Å². The van der Waals surface area contributed by atoms with Crippen LogP contribution in [0.15, 0.2) is 24.3 Å². The van der Waals surface area contributed by atoms with Crippen LogP contribution >= 0.6 is 0 Å². The fourth-order valence-electron chi connectivity index (χ4n) is 2.13. The van der Waals surface area contributed by atoms with Crippen LogP contribution in [-0.4, -0.2) is 35.8 Å². The molecule has 0 aromatic heterocycles. The van der Waals surface area contributed by atoms with E-state index in [0.29, 0.717) is 18.7 Å². The van der Waals surface area contributed by atoms with Crippen LogP contribution in [0.4, 0.5) is 4.39 Å². The molecule has 18 heavy (non-hydrogen) atoms. The molecule has 1 aliphatic heterocycles. The smallest absolute Gasteiger partial charge is 0.253 e. The minimum atomic E-state index is -0.357. The highest BCUT2D eigenvalue weighted by Gasteiger charge is 2.27. The molecule has 1 saturated heterocycles. The van der Waals surface area contributed by atoms with Gasteiger partial charge >= 0.3 is 0 Å². The first-order valence-corrected chi connectivity index (χ1v) is 5.88. The van der Waals surface area contributed by atoms with Crippen molar-refractivity contribution in [2.45, 2.75) is 19.4 Å². The van der Waals surface area contributed by atoms with Gasteiger partial charge in [0.15, 0.2) is 0 Å². The minimum absolute atomic E-state index is 0.0203. The van der Waals surface area contributed by atoms with Gasteiger partial charge in [0.05, 0.1) is 0 Å². The SMILES string of the molecule is CC(=O)NC1CCN(C(=O)c2ccc(F)cc2)C1. The normalized spacial score (nSPS) is 18.8. The highest BCUT2D eigenvalue weighted by atomic mass is 19.1. The molecule has 1 aromatic rings. The van der Waals surface area contributed by atoms with Gasteiger partial charge in [-0.2, -0.15) is 0 Å². The predicted octanol–water partition coefficient (Wildman–Crippen LogP) is 1.18. The van der Waals surface area contributed by atoms with E-state index < -0.39 is 0 Å². The maximum Gasteiger partial charge on any atom is 0.253 e. The molecule has 1 N–H and O–H groups in total. The Morgan fingerprint density at radius 1 is 1.33 bits per heavy atom. The summed E-state index contributed by atoms with van der Waals surface area (Å²) >= 11 is 0. The van der Waals surface area contributed by atoms with E-state index in [4.69, 9.17) is 0 Å².